The van der Waals surface area contributed by atoms with Crippen LogP contribution in [0.1, 0.15) is 45.8 Å². The van der Waals surface area contributed by atoms with E-state index in [-0.39, 0.29) is 23.7 Å². The molecule has 0 radical (unpaired) electrons. The van der Waals surface area contributed by atoms with Crippen molar-refractivity contribution in [2.24, 2.45) is 0 Å². The van der Waals surface area contributed by atoms with Crippen molar-refractivity contribution in [1.82, 2.24) is 4.72 Å². The first-order valence-corrected chi connectivity index (χ1v) is 15.0. The van der Waals surface area contributed by atoms with Crippen molar-refractivity contribution in [3.05, 3.63) is 81.0 Å². The molecule has 0 saturated heterocycles. The standard InChI is InChI=1S/C26H24ClNO4S3/c1-2-32-26(29)23-13-12-22(33-23)19-8-5-6-16-14-24(34-25(16)19)20(18-7-3-4-9-21(18)27)15-28-35(30,31)17-10-11-17/h3-9,12-14,17,20,28H,2,10-11,15H2,1H3. The summed E-state index contributed by atoms with van der Waals surface area (Å²) in [6.07, 6.45) is 1.43. The minimum absolute atomic E-state index is 0.221. The van der Waals surface area contributed by atoms with Gasteiger partial charge in [-0.2, -0.15) is 0 Å². The predicted molar refractivity (Wildman–Crippen MR) is 144 cm³/mol. The van der Waals surface area contributed by atoms with Crippen LogP contribution in [-0.4, -0.2) is 32.8 Å². The molecule has 2 aromatic heterocycles. The van der Waals surface area contributed by atoms with Crippen LogP contribution in [0.5, 0.6) is 0 Å². The van der Waals surface area contributed by atoms with Gasteiger partial charge in [0.15, 0.2) is 0 Å². The lowest BCUT2D eigenvalue weighted by Gasteiger charge is -2.18. The number of halogens is 1. The average molecular weight is 546 g/mol. The van der Waals surface area contributed by atoms with E-state index in [4.69, 9.17) is 16.3 Å². The number of hydrogen-bond donors (Lipinski definition) is 1. The summed E-state index contributed by atoms with van der Waals surface area (Å²) in [5.74, 6) is -0.537. The molecule has 0 aliphatic heterocycles. The van der Waals surface area contributed by atoms with Crippen LogP contribution in [-0.2, 0) is 14.8 Å². The van der Waals surface area contributed by atoms with Gasteiger partial charge in [-0.15, -0.1) is 22.7 Å². The number of carbonyl (C=O) groups excluding carboxylic acids is 1. The Labute approximate surface area is 217 Å². The Morgan fingerprint density at radius 3 is 2.66 bits per heavy atom. The van der Waals surface area contributed by atoms with Gasteiger partial charge in [0.2, 0.25) is 10.0 Å². The third-order valence-corrected chi connectivity index (χ3v) is 10.6. The topological polar surface area (TPSA) is 72.5 Å². The van der Waals surface area contributed by atoms with E-state index >= 15 is 0 Å². The number of rotatable bonds is 9. The fourth-order valence-corrected chi connectivity index (χ4v) is 8.02. The number of nitrogens with one attached hydrogen (secondary N) is 1. The summed E-state index contributed by atoms with van der Waals surface area (Å²) in [5, 5.41) is 1.39. The van der Waals surface area contributed by atoms with Crippen LogP contribution in [0.25, 0.3) is 20.5 Å². The van der Waals surface area contributed by atoms with E-state index in [0.29, 0.717) is 29.3 Å². The van der Waals surface area contributed by atoms with Gasteiger partial charge in [0.1, 0.15) is 4.88 Å². The third-order valence-electron chi connectivity index (χ3n) is 5.99. The van der Waals surface area contributed by atoms with Gasteiger partial charge in [0, 0.05) is 37.5 Å². The van der Waals surface area contributed by atoms with Gasteiger partial charge in [-0.1, -0.05) is 48.0 Å². The number of carbonyl (C=O) groups is 1. The smallest absolute Gasteiger partial charge is 0.348 e. The maximum Gasteiger partial charge on any atom is 0.348 e. The van der Waals surface area contributed by atoms with Crippen LogP contribution < -0.4 is 4.72 Å². The lowest BCUT2D eigenvalue weighted by Crippen LogP contribution is -2.31. The maximum atomic E-state index is 12.6. The van der Waals surface area contributed by atoms with Crippen LogP contribution >= 0.6 is 34.3 Å². The molecular formula is C26H24ClNO4S3. The summed E-state index contributed by atoms with van der Waals surface area (Å²) in [5.41, 5.74) is 1.93. The second-order valence-electron chi connectivity index (χ2n) is 8.42. The molecule has 2 aromatic carbocycles. The normalized spacial score (nSPS) is 14.8. The molecule has 0 bridgehead atoms. The number of benzene rings is 2. The zero-order valence-corrected chi connectivity index (χ0v) is 22.2. The van der Waals surface area contributed by atoms with E-state index < -0.39 is 10.0 Å². The van der Waals surface area contributed by atoms with Crippen molar-refractivity contribution >= 4 is 60.4 Å². The summed E-state index contributed by atoms with van der Waals surface area (Å²) in [6, 6.07) is 19.5. The van der Waals surface area contributed by atoms with Gasteiger partial charge in [-0.3, -0.25) is 0 Å². The Morgan fingerprint density at radius 2 is 1.91 bits per heavy atom. The maximum absolute atomic E-state index is 12.6. The van der Waals surface area contributed by atoms with Gasteiger partial charge >= 0.3 is 5.97 Å². The van der Waals surface area contributed by atoms with E-state index in [1.807, 2.05) is 42.5 Å². The Morgan fingerprint density at radius 1 is 1.11 bits per heavy atom. The SMILES string of the molecule is CCOC(=O)c1ccc(-c2cccc3cc(C(CNS(=O)(=O)C4CC4)c4ccccc4Cl)sc23)s1. The lowest BCUT2D eigenvalue weighted by molar-refractivity contribution is 0.0532. The van der Waals surface area contributed by atoms with E-state index in [1.54, 1.807) is 24.3 Å². The van der Waals surface area contributed by atoms with Gasteiger partial charge in [-0.25, -0.2) is 17.9 Å². The summed E-state index contributed by atoms with van der Waals surface area (Å²) in [7, 11) is -3.33. The molecule has 1 saturated carbocycles. The Kier molecular flexibility index (Phi) is 7.01. The molecule has 1 aliphatic carbocycles. The lowest BCUT2D eigenvalue weighted by atomic mass is 9.97. The molecule has 0 amide bonds. The molecule has 35 heavy (non-hydrogen) atoms. The fourth-order valence-electron chi connectivity index (χ4n) is 4.06. The highest BCUT2D eigenvalue weighted by atomic mass is 35.5. The number of esters is 1. The van der Waals surface area contributed by atoms with Crippen molar-refractivity contribution in [2.75, 3.05) is 13.2 Å². The van der Waals surface area contributed by atoms with Crippen molar-refractivity contribution in [3.8, 4) is 10.4 Å². The van der Waals surface area contributed by atoms with Crippen molar-refractivity contribution in [1.29, 1.82) is 0 Å². The van der Waals surface area contributed by atoms with E-state index in [9.17, 15) is 13.2 Å². The first kappa shape index (κ1) is 24.5. The zero-order valence-electron chi connectivity index (χ0n) is 19.0. The van der Waals surface area contributed by atoms with Crippen molar-refractivity contribution in [2.45, 2.75) is 30.9 Å². The minimum Gasteiger partial charge on any atom is -0.462 e. The number of thiophene rings is 2. The zero-order chi connectivity index (χ0) is 24.6. The monoisotopic (exact) mass is 545 g/mol. The Bertz CT molecular complexity index is 1490. The first-order chi connectivity index (χ1) is 16.9. The number of fused-ring (bicyclic) bond motifs is 1. The second kappa shape index (κ2) is 10.0. The van der Waals surface area contributed by atoms with Gasteiger partial charge in [0.05, 0.1) is 11.9 Å². The highest BCUT2D eigenvalue weighted by Gasteiger charge is 2.36. The van der Waals surface area contributed by atoms with Gasteiger partial charge < -0.3 is 4.74 Å². The van der Waals surface area contributed by atoms with Crippen molar-refractivity contribution < 1.29 is 17.9 Å². The molecule has 1 N–H and O–H groups in total. The predicted octanol–water partition coefficient (Wildman–Crippen LogP) is 6.67. The largest absolute Gasteiger partial charge is 0.462 e. The number of ether oxygens (including phenoxy) is 1. The minimum atomic E-state index is -3.33. The van der Waals surface area contributed by atoms with Crippen LogP contribution in [0.2, 0.25) is 5.02 Å². The van der Waals surface area contributed by atoms with E-state index in [0.717, 1.165) is 31.0 Å². The molecule has 4 aromatic rings. The molecule has 0 spiro atoms. The molecule has 9 heteroatoms. The highest BCUT2D eigenvalue weighted by molar-refractivity contribution is 7.90. The van der Waals surface area contributed by atoms with Gasteiger partial charge in [0.25, 0.3) is 0 Å². The van der Waals surface area contributed by atoms with Crippen LogP contribution in [0.4, 0.5) is 0 Å². The number of sulfonamides is 1. The summed E-state index contributed by atoms with van der Waals surface area (Å²) < 4.78 is 34.2. The Hall–Kier alpha value is -2.23. The summed E-state index contributed by atoms with van der Waals surface area (Å²) >= 11 is 9.60. The van der Waals surface area contributed by atoms with Crippen molar-refractivity contribution in [3.63, 3.8) is 0 Å². The van der Waals surface area contributed by atoms with Crippen LogP contribution in [0, 0.1) is 0 Å². The molecule has 1 unspecified atom stereocenters. The van der Waals surface area contributed by atoms with E-state index in [2.05, 4.69) is 16.9 Å². The highest BCUT2D eigenvalue weighted by Crippen LogP contribution is 2.42. The molecule has 5 nitrogen and oxygen atoms in total. The molecule has 1 fully saturated rings. The molecular weight excluding hydrogens is 522 g/mol. The first-order valence-electron chi connectivity index (χ1n) is 11.4. The number of hydrogen-bond acceptors (Lipinski definition) is 6. The molecule has 5 rings (SSSR count). The summed E-state index contributed by atoms with van der Waals surface area (Å²) in [6.45, 7) is 2.38. The quantitative estimate of drug-likeness (QED) is 0.238. The van der Waals surface area contributed by atoms with E-state index in [1.165, 1.54) is 11.3 Å². The fraction of sp³-hybridized carbons (Fsp3) is 0.269. The average Bonchev–Trinajstić information content (AvgIpc) is 3.44. The molecule has 2 heterocycles. The second-order valence-corrected chi connectivity index (χ2v) is 13.0. The van der Waals surface area contributed by atoms with Crippen LogP contribution in [0.15, 0.2) is 60.7 Å². The van der Waals surface area contributed by atoms with Crippen LogP contribution in [0.3, 0.4) is 0 Å². The summed E-state index contributed by atoms with van der Waals surface area (Å²) in [4.78, 5) is 14.7. The Balaban J connectivity index is 1.53. The third kappa shape index (κ3) is 5.17. The molecule has 1 atom stereocenters. The van der Waals surface area contributed by atoms with Gasteiger partial charge in [-0.05, 0) is 55.0 Å². The molecule has 1 aliphatic rings. The molecule has 182 valence electrons.